The Balaban J connectivity index is 2.22. The van der Waals surface area contributed by atoms with Crippen LogP contribution in [0.3, 0.4) is 0 Å². The molecule has 2 rings (SSSR count). The Labute approximate surface area is 78.6 Å². The van der Waals surface area contributed by atoms with Gasteiger partial charge in [-0.2, -0.15) is 13.2 Å². The third-order valence-electron chi connectivity index (χ3n) is 3.23. The van der Waals surface area contributed by atoms with Gasteiger partial charge in [0.05, 0.1) is 5.92 Å². The second-order valence-electron chi connectivity index (χ2n) is 4.18. The maximum atomic E-state index is 12.4. The molecule has 4 N–H and O–H groups in total. The third-order valence-corrected chi connectivity index (χ3v) is 3.23. The number of amides is 1. The first-order valence-electron chi connectivity index (χ1n) is 4.45. The first-order chi connectivity index (χ1) is 6.29. The number of alkyl halides is 3. The van der Waals surface area contributed by atoms with Crippen LogP contribution in [0, 0.1) is 17.8 Å². The minimum absolute atomic E-state index is 0.0564. The first kappa shape index (κ1) is 9.76. The van der Waals surface area contributed by atoms with E-state index in [2.05, 4.69) is 0 Å². The quantitative estimate of drug-likeness (QED) is 0.689. The van der Waals surface area contributed by atoms with E-state index in [1.54, 1.807) is 0 Å². The molecule has 0 radical (unpaired) electrons. The molecule has 0 spiro atoms. The Morgan fingerprint density at radius 3 is 2.07 bits per heavy atom. The molecule has 6 heteroatoms. The van der Waals surface area contributed by atoms with Crippen LogP contribution in [0.2, 0.25) is 0 Å². The summed E-state index contributed by atoms with van der Waals surface area (Å²) in [6.45, 7) is 0. The normalized spacial score (nSPS) is 42.3. The van der Waals surface area contributed by atoms with Crippen molar-refractivity contribution in [3.8, 4) is 0 Å². The molecule has 0 aromatic carbocycles. The molecule has 0 unspecified atom stereocenters. The minimum atomic E-state index is -4.41. The summed E-state index contributed by atoms with van der Waals surface area (Å²) in [6, 6.07) is 0. The van der Waals surface area contributed by atoms with Gasteiger partial charge < -0.3 is 11.5 Å². The minimum Gasteiger partial charge on any atom is -0.368 e. The summed E-state index contributed by atoms with van der Waals surface area (Å²) in [5.41, 5.74) is 8.49. The molecule has 2 fully saturated rings. The van der Waals surface area contributed by atoms with Gasteiger partial charge in [0.15, 0.2) is 0 Å². The largest absolute Gasteiger partial charge is 0.394 e. The molecule has 2 aliphatic rings. The summed E-state index contributed by atoms with van der Waals surface area (Å²) in [7, 11) is 0. The Hall–Kier alpha value is -0.780. The van der Waals surface area contributed by atoms with Crippen molar-refractivity contribution in [1.82, 2.24) is 0 Å². The molecule has 0 aromatic heterocycles. The fourth-order valence-electron chi connectivity index (χ4n) is 2.34. The van der Waals surface area contributed by atoms with Crippen LogP contribution in [-0.4, -0.2) is 17.6 Å². The number of primary amides is 1. The Bertz CT molecular complexity index is 287. The van der Waals surface area contributed by atoms with Crippen LogP contribution in [0.4, 0.5) is 13.2 Å². The lowest BCUT2D eigenvalue weighted by molar-refractivity contribution is -0.158. The maximum absolute atomic E-state index is 12.4. The van der Waals surface area contributed by atoms with Crippen LogP contribution in [0.25, 0.3) is 0 Å². The number of nitrogens with two attached hydrogens (primary N) is 2. The van der Waals surface area contributed by atoms with Crippen molar-refractivity contribution in [2.75, 3.05) is 0 Å². The fourth-order valence-corrected chi connectivity index (χ4v) is 2.34. The average molecular weight is 208 g/mol. The monoisotopic (exact) mass is 208 g/mol. The van der Waals surface area contributed by atoms with Gasteiger partial charge in [0.25, 0.3) is 0 Å². The second-order valence-corrected chi connectivity index (χ2v) is 4.18. The SMILES string of the molecule is NC(=O)[C@@]1(N)[C@H](C2CC2)[C@H]1C(F)(F)F. The summed E-state index contributed by atoms with van der Waals surface area (Å²) in [6.07, 6.45) is -2.95. The van der Waals surface area contributed by atoms with Gasteiger partial charge in [-0.3, -0.25) is 4.79 Å². The van der Waals surface area contributed by atoms with Gasteiger partial charge in [-0.05, 0) is 18.8 Å². The Morgan fingerprint density at radius 1 is 1.36 bits per heavy atom. The standard InChI is InChI=1S/C8H11F3N2O/c9-8(10,11)5-4(3-1-2-3)7(5,13)6(12)14/h3-5H,1-2,13H2,(H2,12,14)/t4-,5-,7-/m1/s1. The molecule has 0 bridgehead atoms. The molecule has 0 aromatic rings. The van der Waals surface area contributed by atoms with Gasteiger partial charge in [-0.15, -0.1) is 0 Å². The molecule has 0 aliphatic heterocycles. The predicted molar refractivity (Wildman–Crippen MR) is 41.9 cm³/mol. The van der Waals surface area contributed by atoms with Crippen molar-refractivity contribution >= 4 is 5.91 Å². The third kappa shape index (κ3) is 1.13. The lowest BCUT2D eigenvalue weighted by Crippen LogP contribution is -2.44. The van der Waals surface area contributed by atoms with Crippen molar-refractivity contribution in [2.24, 2.45) is 29.2 Å². The zero-order valence-corrected chi connectivity index (χ0v) is 7.34. The predicted octanol–water partition coefficient (Wildman–Crippen LogP) is 0.387. The van der Waals surface area contributed by atoms with E-state index >= 15 is 0 Å². The van der Waals surface area contributed by atoms with Crippen molar-refractivity contribution in [3.63, 3.8) is 0 Å². The van der Waals surface area contributed by atoms with E-state index in [4.69, 9.17) is 11.5 Å². The molecule has 3 atom stereocenters. The second kappa shape index (κ2) is 2.42. The van der Waals surface area contributed by atoms with E-state index in [0.717, 1.165) is 12.8 Å². The van der Waals surface area contributed by atoms with Crippen LogP contribution in [-0.2, 0) is 4.79 Å². The lowest BCUT2D eigenvalue weighted by Gasteiger charge is -2.08. The summed E-state index contributed by atoms with van der Waals surface area (Å²) >= 11 is 0. The summed E-state index contributed by atoms with van der Waals surface area (Å²) in [5.74, 6) is -3.59. The van der Waals surface area contributed by atoms with Crippen molar-refractivity contribution in [2.45, 2.75) is 24.6 Å². The molecule has 2 aliphatic carbocycles. The highest BCUT2D eigenvalue weighted by atomic mass is 19.4. The lowest BCUT2D eigenvalue weighted by atomic mass is 10.1. The van der Waals surface area contributed by atoms with Gasteiger partial charge in [-0.1, -0.05) is 0 Å². The molecule has 2 saturated carbocycles. The van der Waals surface area contributed by atoms with Crippen molar-refractivity contribution in [1.29, 1.82) is 0 Å². The number of carbonyl (C=O) groups excluding carboxylic acids is 1. The Kier molecular flexibility index (Phi) is 1.69. The first-order valence-corrected chi connectivity index (χ1v) is 4.45. The van der Waals surface area contributed by atoms with E-state index in [1.807, 2.05) is 0 Å². The number of carbonyl (C=O) groups is 1. The molecule has 1 amide bonds. The average Bonchev–Trinajstić information content (AvgIpc) is 2.76. The topological polar surface area (TPSA) is 69.1 Å². The number of rotatable bonds is 2. The highest BCUT2D eigenvalue weighted by Gasteiger charge is 2.79. The van der Waals surface area contributed by atoms with Crippen molar-refractivity contribution < 1.29 is 18.0 Å². The Morgan fingerprint density at radius 2 is 1.86 bits per heavy atom. The van der Waals surface area contributed by atoms with E-state index < -0.39 is 29.5 Å². The molecule has 80 valence electrons. The van der Waals surface area contributed by atoms with Gasteiger partial charge in [0.1, 0.15) is 5.54 Å². The van der Waals surface area contributed by atoms with E-state index in [9.17, 15) is 18.0 Å². The molecule has 3 nitrogen and oxygen atoms in total. The molecule has 14 heavy (non-hydrogen) atoms. The van der Waals surface area contributed by atoms with Crippen LogP contribution in [0.5, 0.6) is 0 Å². The van der Waals surface area contributed by atoms with Crippen LogP contribution in [0.15, 0.2) is 0 Å². The number of halogens is 3. The summed E-state index contributed by atoms with van der Waals surface area (Å²) in [4.78, 5) is 10.9. The highest BCUT2D eigenvalue weighted by molar-refractivity contribution is 5.89. The van der Waals surface area contributed by atoms with E-state index in [-0.39, 0.29) is 5.92 Å². The zero-order chi connectivity index (χ0) is 10.7. The fraction of sp³-hybridized carbons (Fsp3) is 0.875. The number of hydrogen-bond donors (Lipinski definition) is 2. The molecule has 0 heterocycles. The van der Waals surface area contributed by atoms with Crippen LogP contribution < -0.4 is 11.5 Å². The van der Waals surface area contributed by atoms with Gasteiger partial charge in [0.2, 0.25) is 5.91 Å². The van der Waals surface area contributed by atoms with E-state index in [0.29, 0.717) is 0 Å². The van der Waals surface area contributed by atoms with E-state index in [1.165, 1.54) is 0 Å². The zero-order valence-electron chi connectivity index (χ0n) is 7.34. The molecular formula is C8H11F3N2O. The van der Waals surface area contributed by atoms with Crippen LogP contribution >= 0.6 is 0 Å². The number of hydrogen-bond acceptors (Lipinski definition) is 2. The summed E-state index contributed by atoms with van der Waals surface area (Å²) < 4.78 is 37.3. The maximum Gasteiger partial charge on any atom is 0.394 e. The van der Waals surface area contributed by atoms with Gasteiger partial charge in [-0.25, -0.2) is 0 Å². The highest BCUT2D eigenvalue weighted by Crippen LogP contribution is 2.65. The van der Waals surface area contributed by atoms with Crippen molar-refractivity contribution in [3.05, 3.63) is 0 Å². The smallest absolute Gasteiger partial charge is 0.368 e. The summed E-state index contributed by atoms with van der Waals surface area (Å²) in [5, 5.41) is 0. The molecule has 0 saturated heterocycles. The molecular weight excluding hydrogens is 197 g/mol. The van der Waals surface area contributed by atoms with Gasteiger partial charge in [0, 0.05) is 5.92 Å². The van der Waals surface area contributed by atoms with Gasteiger partial charge >= 0.3 is 6.18 Å². The van der Waals surface area contributed by atoms with Crippen LogP contribution in [0.1, 0.15) is 12.8 Å².